The number of aryl methyl sites for hydroxylation is 2. The third-order valence-electron chi connectivity index (χ3n) is 18.9. The Balaban J connectivity index is 0.000000119. The first-order chi connectivity index (χ1) is 46.5. The molecule has 484 valence electrons. The lowest BCUT2D eigenvalue weighted by Crippen LogP contribution is -2.45. The van der Waals surface area contributed by atoms with Crippen LogP contribution in [0.4, 0.5) is 34.9 Å². The van der Waals surface area contributed by atoms with Gasteiger partial charge in [-0.05, 0) is 142 Å². The molecule has 2 heterocycles. The van der Waals surface area contributed by atoms with Crippen LogP contribution in [0, 0.1) is 13.8 Å². The Morgan fingerprint density at radius 3 is 1.48 bits per heavy atom. The molecule has 0 bridgehead atoms. The Morgan fingerprint density at radius 1 is 0.562 bits per heavy atom. The lowest BCUT2D eigenvalue weighted by atomic mass is 9.81. The summed E-state index contributed by atoms with van der Waals surface area (Å²) in [5, 5.41) is 41.8. The molecule has 0 spiro atoms. The average molecular weight is 1280 g/mol. The summed E-state index contributed by atoms with van der Waals surface area (Å²) >= 11 is 0. The second-order valence-corrected chi connectivity index (χ2v) is 25.2. The summed E-state index contributed by atoms with van der Waals surface area (Å²) in [5.41, 5.74) is 13.6. The van der Waals surface area contributed by atoms with E-state index in [1.165, 1.54) is 36.9 Å². The van der Waals surface area contributed by atoms with E-state index in [-0.39, 0.29) is 34.2 Å². The number of carbonyl (C=O) groups excluding carboxylic acids is 1. The van der Waals surface area contributed by atoms with Crippen LogP contribution in [0.5, 0.6) is 0 Å². The number of nitrogens with two attached hydrogens (primary N) is 1. The molecular weight excluding hydrogens is 1200 g/mol. The molecule has 5 aliphatic rings. The summed E-state index contributed by atoms with van der Waals surface area (Å²) in [4.78, 5) is 79.4. The second kappa shape index (κ2) is 26.9. The molecule has 17 heteroatoms. The summed E-state index contributed by atoms with van der Waals surface area (Å²) in [6.45, 7) is 14.5. The van der Waals surface area contributed by atoms with Gasteiger partial charge in [0.25, 0.3) is 0 Å². The molecule has 11 aromatic rings. The highest BCUT2D eigenvalue weighted by Crippen LogP contribution is 2.46. The van der Waals surface area contributed by atoms with Crippen LogP contribution >= 0.6 is 0 Å². The van der Waals surface area contributed by atoms with E-state index < -0.39 is 5.72 Å². The number of benzene rings is 14. The SMILES string of the molecule is CCC(N)(O)CNc1ccc(Nc2nc(NC)nc(NCCCN3CCCCC3C)n2)cc1.CCNC(=O)CNc1ccc(C)cc1C.O=c1c2ccc3cccc4c(=O)c5ccc6cccc1c6c5-c2c34.O=c1c2ccc3cccc4c(=O)c5ccc6cccc1c6c5-c2c34. The Hall–Kier alpha value is -10.7. The minimum Gasteiger partial charge on any atom is -0.381 e. The van der Waals surface area contributed by atoms with Crippen molar-refractivity contribution >= 4 is 127 Å². The summed E-state index contributed by atoms with van der Waals surface area (Å²) in [6, 6.07) is 53.0. The molecule has 10 aromatic carbocycles. The van der Waals surface area contributed by atoms with Crippen LogP contribution in [0.1, 0.15) is 64.0 Å². The standard InChI is InChI=1S/C23H39N9O.2C22H10O2.C12H18N2O/c1-4-23(24,33)16-27-18-9-11-19(12-10-18)28-22-30-20(25-3)29-21(31-22)26-13-7-15-32-14-6-5-8-17(32)2;2*23-21-13-5-1-3-11-7-9-16-19(17(11)13)20-15(21)10-8-12-4-2-6-14(18(12)20)22(16)24;1-4-13-12(15)8-14-11-6-5-9(2)7-10(11)3/h9-12,17,27,33H,4-8,13-16,24H2,1-3H3,(H3,25,26,28,29,30,31);2*1-10H;5-7,14H,4,8H2,1-3H3,(H,13,15). The Kier molecular flexibility index (Phi) is 18.0. The summed E-state index contributed by atoms with van der Waals surface area (Å²) in [6.07, 6.45) is 5.46. The van der Waals surface area contributed by atoms with Crippen LogP contribution in [0.2, 0.25) is 0 Å². The molecule has 1 saturated heterocycles. The minimum atomic E-state index is -1.22. The molecule has 1 aromatic heterocycles. The first-order valence-corrected chi connectivity index (χ1v) is 33.1. The Bertz CT molecular complexity index is 4980. The lowest BCUT2D eigenvalue weighted by Gasteiger charge is -2.33. The number of rotatable bonds is 16. The zero-order valence-corrected chi connectivity index (χ0v) is 54.8. The number of amides is 1. The van der Waals surface area contributed by atoms with Crippen molar-refractivity contribution in [3.8, 4) is 22.3 Å². The molecule has 0 radical (unpaired) electrons. The first kappa shape index (κ1) is 64.0. The zero-order valence-electron chi connectivity index (χ0n) is 54.8. The van der Waals surface area contributed by atoms with Crippen LogP contribution < -0.4 is 59.3 Å². The van der Waals surface area contributed by atoms with Gasteiger partial charge in [0.15, 0.2) is 21.7 Å². The van der Waals surface area contributed by atoms with Crippen LogP contribution in [-0.2, 0) is 4.79 Å². The summed E-state index contributed by atoms with van der Waals surface area (Å²) in [5.74, 6) is 1.53. The molecule has 0 saturated carbocycles. The van der Waals surface area contributed by atoms with Crippen molar-refractivity contribution in [2.24, 2.45) is 5.73 Å². The molecular formula is C79H77N11O6. The Morgan fingerprint density at radius 2 is 1.03 bits per heavy atom. The fourth-order valence-corrected chi connectivity index (χ4v) is 13.9. The van der Waals surface area contributed by atoms with E-state index in [0.29, 0.717) is 86.5 Å². The molecule has 4 aliphatic carbocycles. The van der Waals surface area contributed by atoms with Gasteiger partial charge < -0.3 is 47.6 Å². The quantitative estimate of drug-likeness (QED) is 0.0194. The summed E-state index contributed by atoms with van der Waals surface area (Å²) < 4.78 is 0. The molecule has 1 amide bonds. The molecule has 96 heavy (non-hydrogen) atoms. The predicted octanol–water partition coefficient (Wildman–Crippen LogP) is 13.5. The highest BCUT2D eigenvalue weighted by Gasteiger charge is 2.27. The van der Waals surface area contributed by atoms with Crippen LogP contribution in [0.15, 0.2) is 183 Å². The molecule has 1 aliphatic heterocycles. The monoisotopic (exact) mass is 1280 g/mol. The molecule has 9 N–H and O–H groups in total. The van der Waals surface area contributed by atoms with Gasteiger partial charge in [-0.3, -0.25) is 24.0 Å². The van der Waals surface area contributed by atoms with Gasteiger partial charge in [0.2, 0.25) is 23.8 Å². The molecule has 1 fully saturated rings. The number of aliphatic hydroxyl groups is 1. The molecule has 17 nitrogen and oxygen atoms in total. The van der Waals surface area contributed by atoms with Gasteiger partial charge in [0.05, 0.1) is 13.1 Å². The lowest BCUT2D eigenvalue weighted by molar-refractivity contribution is -0.119. The zero-order chi connectivity index (χ0) is 66.9. The van der Waals surface area contributed by atoms with Crippen molar-refractivity contribution in [2.45, 2.75) is 78.5 Å². The number of aromatic nitrogens is 3. The van der Waals surface area contributed by atoms with Gasteiger partial charge in [-0.25, -0.2) is 0 Å². The smallest absolute Gasteiger partial charge is 0.239 e. The third-order valence-corrected chi connectivity index (χ3v) is 18.9. The maximum absolute atomic E-state index is 13.1. The Labute approximate surface area is 554 Å². The number of anilines is 6. The van der Waals surface area contributed by atoms with Crippen molar-refractivity contribution in [2.75, 3.05) is 72.9 Å². The van der Waals surface area contributed by atoms with Crippen molar-refractivity contribution < 1.29 is 9.90 Å². The van der Waals surface area contributed by atoms with E-state index in [1.807, 2.05) is 178 Å². The van der Waals surface area contributed by atoms with Gasteiger partial charge in [0, 0.05) is 137 Å². The highest BCUT2D eigenvalue weighted by molar-refractivity contribution is 6.29. The average Bonchev–Trinajstić information content (AvgIpc) is 0.705. The van der Waals surface area contributed by atoms with E-state index in [1.54, 1.807) is 7.05 Å². The highest BCUT2D eigenvalue weighted by atomic mass is 16.3. The number of nitrogens with zero attached hydrogens (tertiary/aromatic N) is 4. The number of likely N-dealkylation sites (N-methyl/N-ethyl adjacent to an activating group) is 1. The number of hydrogen-bond acceptors (Lipinski definition) is 16. The van der Waals surface area contributed by atoms with Crippen molar-refractivity contribution in [3.63, 3.8) is 0 Å². The largest absolute Gasteiger partial charge is 0.381 e. The van der Waals surface area contributed by atoms with Crippen molar-refractivity contribution in [1.82, 2.24) is 25.2 Å². The van der Waals surface area contributed by atoms with E-state index in [2.05, 4.69) is 71.7 Å². The number of hydrogen-bond donors (Lipinski definition) is 8. The number of nitrogens with one attached hydrogen (secondary N) is 6. The van der Waals surface area contributed by atoms with E-state index >= 15 is 0 Å². The van der Waals surface area contributed by atoms with Gasteiger partial charge in [-0.2, -0.15) is 15.0 Å². The molecule has 16 rings (SSSR count). The van der Waals surface area contributed by atoms with Crippen molar-refractivity contribution in [1.29, 1.82) is 0 Å². The predicted molar refractivity (Wildman–Crippen MR) is 396 cm³/mol. The van der Waals surface area contributed by atoms with Gasteiger partial charge >= 0.3 is 0 Å². The number of piperidine rings is 1. The maximum Gasteiger partial charge on any atom is 0.239 e. The summed E-state index contributed by atoms with van der Waals surface area (Å²) in [7, 11) is 1.79. The minimum absolute atomic E-state index is 0.0254. The fourth-order valence-electron chi connectivity index (χ4n) is 13.9. The van der Waals surface area contributed by atoms with Gasteiger partial charge in [-0.1, -0.05) is 128 Å². The van der Waals surface area contributed by atoms with E-state index in [9.17, 15) is 29.1 Å². The molecule has 2 unspecified atom stereocenters. The molecule has 2 atom stereocenters. The topological polar surface area (TPSA) is 246 Å². The number of carbonyl (C=O) groups is 1. The van der Waals surface area contributed by atoms with Crippen LogP contribution in [0.25, 0.3) is 108 Å². The first-order valence-electron chi connectivity index (χ1n) is 33.1. The van der Waals surface area contributed by atoms with E-state index in [0.717, 1.165) is 102 Å². The fraction of sp³-hybridized carbons (Fsp3) is 0.241. The van der Waals surface area contributed by atoms with E-state index in [4.69, 9.17) is 5.73 Å². The second-order valence-electron chi connectivity index (χ2n) is 25.2. The number of likely N-dealkylation sites (tertiary alicyclic amines) is 1. The van der Waals surface area contributed by atoms with Gasteiger partial charge in [-0.15, -0.1) is 0 Å². The van der Waals surface area contributed by atoms with Crippen molar-refractivity contribution in [3.05, 3.63) is 216 Å². The van der Waals surface area contributed by atoms with Crippen LogP contribution in [-0.4, -0.2) is 88.9 Å². The maximum atomic E-state index is 13.1. The third kappa shape index (κ3) is 12.4. The van der Waals surface area contributed by atoms with Gasteiger partial charge in [0.1, 0.15) is 5.72 Å². The van der Waals surface area contributed by atoms with Crippen LogP contribution in [0.3, 0.4) is 0 Å². The normalized spacial score (nSPS) is 14.1.